The Morgan fingerprint density at radius 3 is 1.16 bits per heavy atom. The molecule has 7 aromatic carbocycles. The van der Waals surface area contributed by atoms with Gasteiger partial charge in [0, 0.05) is 78.5 Å². The summed E-state index contributed by atoms with van der Waals surface area (Å²) in [5.41, 5.74) is 4.06. The Labute approximate surface area is 813 Å². The van der Waals surface area contributed by atoms with Crippen molar-refractivity contribution < 1.29 is 137 Å². The van der Waals surface area contributed by atoms with Crippen LogP contribution in [0.4, 0.5) is 0 Å². The van der Waals surface area contributed by atoms with Gasteiger partial charge in [0.1, 0.15) is 36.0 Å². The van der Waals surface area contributed by atoms with E-state index in [0.717, 1.165) is 102 Å². The highest BCUT2D eigenvalue weighted by molar-refractivity contribution is 7.92. The molecule has 0 bridgehead atoms. The van der Waals surface area contributed by atoms with Crippen molar-refractivity contribution in [2.75, 3.05) is 77.2 Å². The molecule has 8 aliphatic rings. The third kappa shape index (κ3) is 28.8. The van der Waals surface area contributed by atoms with Crippen LogP contribution in [0.3, 0.4) is 0 Å². The monoisotopic (exact) mass is 2050 g/mol. The number of cyclic esters (lactones) is 4. The van der Waals surface area contributed by atoms with E-state index in [1.165, 1.54) is 116 Å². The summed E-state index contributed by atoms with van der Waals surface area (Å²) >= 11 is 7.26. The van der Waals surface area contributed by atoms with Crippen molar-refractivity contribution in [3.05, 3.63) is 248 Å². The first-order chi connectivity index (χ1) is 64.5. The number of hydrogen-bond acceptors (Lipinski definition) is 31. The maximum absolute atomic E-state index is 12.2. The average molecular weight is 2060 g/mol. The molecular formula is C99H112ClNO30S7. The molecule has 6 heterocycles. The lowest BCUT2D eigenvalue weighted by Gasteiger charge is -2.22. The highest BCUT2D eigenvalue weighted by atomic mass is 35.5. The smallest absolute Gasteiger partial charge is 0.374 e. The van der Waals surface area contributed by atoms with Crippen LogP contribution in [0.1, 0.15) is 163 Å². The van der Waals surface area contributed by atoms with Crippen molar-refractivity contribution in [1.82, 2.24) is 4.98 Å². The molecule has 3 saturated carbocycles. The molecule has 0 radical (unpaired) electrons. The fourth-order valence-corrected chi connectivity index (χ4v) is 19.8. The summed E-state index contributed by atoms with van der Waals surface area (Å²) in [5.74, 6) is -1.08. The summed E-state index contributed by atoms with van der Waals surface area (Å²) in [5, 5.41) is 22.8. The van der Waals surface area contributed by atoms with Crippen molar-refractivity contribution >= 4 is 145 Å². The van der Waals surface area contributed by atoms with E-state index in [4.69, 9.17) is 59.0 Å². The first-order valence-corrected chi connectivity index (χ1v) is 56.6. The molecule has 2 N–H and O–H groups in total. The number of carboxylic acids is 1. The molecule has 2 saturated heterocycles. The number of aliphatic carboxylic acids is 1. The van der Waals surface area contributed by atoms with Crippen molar-refractivity contribution in [1.29, 1.82) is 0 Å². The molecule has 5 atom stereocenters. The number of sulfone groups is 6. The minimum atomic E-state index is -3.39. The summed E-state index contributed by atoms with van der Waals surface area (Å²) in [4.78, 5) is 77.3. The topological polar surface area (TPSA) is 453 Å². The van der Waals surface area contributed by atoms with Gasteiger partial charge in [-0.15, -0.1) is 11.3 Å². The highest BCUT2D eigenvalue weighted by Crippen LogP contribution is 2.47. The summed E-state index contributed by atoms with van der Waals surface area (Å²) in [6.45, 7) is 17.0. The first kappa shape index (κ1) is 108. The standard InChI is InChI=1S/C18H15ClO5S.C17H17NO5S2.C17H22O5S.C17H20O5S.C16H20O5S.C14H18O5S/c1-11(20)16(12-5-9-15(10-6-12)25(2,23)24)17(18(21)22)13-3-7-14(19)8-4-13;1-17(2)14(11-4-6-12(7-5-11)25(3,20)21)15(16(19)23-17)22-10-13-18-8-9-24-13;2*1-17(2)14(12-6-8-13(9-7-12)23(3,19)20)15(16(18)22-17)21-10-11-4-5-11;1-22(18,19)13-6-4-12(5-7-13)14-10-21-16(17)15(14)20-9-8-11-2-3-11;1-3-8-18-13-12(9-19-14(13)15)10-4-6-11(7-5-10)20(2,16)17/h3-10H,1-2H3,(H,21,22);4-9H,10H2,1-3H3;6-9,11,16,18H,4-5,10H2,1-3H3;6-9,11H,4-5,10H2,1-3H3;4-7,11,14-15H,2-3,8-10H2,1H3;4-7,12-13H,3,8-9H2,1-2H3/b17-16+;;;;;. The number of ether oxygens (including phenoxy) is 10. The van der Waals surface area contributed by atoms with Crippen molar-refractivity contribution in [2.24, 2.45) is 17.8 Å². The minimum absolute atomic E-state index is 0.00475. The predicted octanol–water partition coefficient (Wildman–Crippen LogP) is 14.5. The second-order valence-electron chi connectivity index (χ2n) is 35.9. The van der Waals surface area contributed by atoms with Crippen LogP contribution in [-0.2, 0) is 142 Å². The number of aliphatic hydroxyl groups is 1. The van der Waals surface area contributed by atoms with Crippen LogP contribution in [0.5, 0.6) is 0 Å². The Bertz CT molecular complexity index is 6690. The molecule has 16 rings (SSSR count). The summed E-state index contributed by atoms with van der Waals surface area (Å²) in [7, 11) is -19.6. The van der Waals surface area contributed by atoms with Crippen LogP contribution in [0, 0.1) is 17.8 Å². The Balaban J connectivity index is 0.000000159. The molecule has 3 aliphatic carbocycles. The molecule has 8 aromatic rings. The van der Waals surface area contributed by atoms with E-state index in [0.29, 0.717) is 76.9 Å². The number of thiazole rings is 1. The number of halogens is 1. The number of aliphatic hydroxyl groups excluding tert-OH is 1. The Morgan fingerprint density at radius 1 is 0.457 bits per heavy atom. The molecule has 742 valence electrons. The number of rotatable bonds is 31. The number of allylic oxidation sites excluding steroid dienone is 1. The van der Waals surface area contributed by atoms with E-state index >= 15 is 0 Å². The molecular weight excluding hydrogens is 1940 g/mol. The number of benzene rings is 7. The molecule has 0 amide bonds. The van der Waals surface area contributed by atoms with E-state index < -0.39 is 118 Å². The van der Waals surface area contributed by atoms with Gasteiger partial charge in [0.05, 0.1) is 76.7 Å². The Morgan fingerprint density at radius 2 is 0.804 bits per heavy atom. The summed E-state index contributed by atoms with van der Waals surface area (Å²) in [6, 6.07) is 44.1. The summed E-state index contributed by atoms with van der Waals surface area (Å²) < 4.78 is 194. The number of nitrogens with zero attached hydrogens (tertiary/aromatic N) is 1. The number of hydrogen-bond donors (Lipinski definition) is 2. The van der Waals surface area contributed by atoms with Crippen molar-refractivity contribution in [2.45, 2.75) is 190 Å². The number of Topliss-reactive ketones (excluding diaryl/α,β-unsaturated/α-hetero) is 1. The normalized spacial score (nSPS) is 20.1. The quantitative estimate of drug-likeness (QED) is 0.0176. The number of ketones is 1. The molecule has 1 aromatic heterocycles. The lowest BCUT2D eigenvalue weighted by Crippen LogP contribution is -2.25. The lowest BCUT2D eigenvalue weighted by atomic mass is 9.92. The number of aromatic nitrogens is 1. The zero-order chi connectivity index (χ0) is 101. The van der Waals surface area contributed by atoms with Crippen LogP contribution in [0.15, 0.2) is 228 Å². The zero-order valence-electron chi connectivity index (χ0n) is 78.6. The van der Waals surface area contributed by atoms with Gasteiger partial charge in [-0.2, -0.15) is 0 Å². The van der Waals surface area contributed by atoms with Gasteiger partial charge < -0.3 is 57.6 Å². The molecule has 5 fully saturated rings. The van der Waals surface area contributed by atoms with E-state index in [1.54, 1.807) is 131 Å². The molecule has 5 aliphatic heterocycles. The second kappa shape index (κ2) is 44.5. The molecule has 31 nitrogen and oxygen atoms in total. The lowest BCUT2D eigenvalue weighted by molar-refractivity contribution is -0.148. The fraction of sp³-hybridized carbons (Fsp3) is 0.404. The van der Waals surface area contributed by atoms with Gasteiger partial charge in [0.2, 0.25) is 17.8 Å². The fourth-order valence-electron chi connectivity index (χ4n) is 15.4. The molecule has 39 heteroatoms. The van der Waals surface area contributed by atoms with Gasteiger partial charge in [-0.05, 0) is 229 Å². The van der Waals surface area contributed by atoms with Crippen LogP contribution in [-0.4, -0.2) is 214 Å². The maximum Gasteiger partial charge on any atom is 0.374 e. The average Bonchev–Trinajstić information content (AvgIpc) is 1.62. The van der Waals surface area contributed by atoms with Crippen molar-refractivity contribution in [3.8, 4) is 0 Å². The minimum Gasteiger partial charge on any atom is -0.492 e. The molecule has 0 spiro atoms. The first-order valence-electron chi connectivity index (χ1n) is 44.0. The van der Waals surface area contributed by atoms with Gasteiger partial charge in [-0.25, -0.2) is 79.5 Å². The third-order valence-corrected chi connectivity index (χ3v) is 30.9. The number of carbonyl (C=O) groups is 6. The van der Waals surface area contributed by atoms with Crippen LogP contribution in [0.2, 0.25) is 5.02 Å². The Kier molecular flexibility index (Phi) is 34.7. The van der Waals surface area contributed by atoms with Gasteiger partial charge in [-0.1, -0.05) is 116 Å². The second-order valence-corrected chi connectivity index (χ2v) is 49.4. The third-order valence-electron chi connectivity index (χ3n) is 23.1. The van der Waals surface area contributed by atoms with Crippen LogP contribution < -0.4 is 0 Å². The van der Waals surface area contributed by atoms with E-state index in [2.05, 4.69) is 4.98 Å². The SMILES string of the molecule is CC(=O)/C(=C(\C(=O)O)c1ccc(Cl)cc1)c1ccc(S(C)(=O)=O)cc1.CC1(C)OC(=O)C(OCC2CC2)=C1c1ccc(S(C)(=O)=O)cc1.CC1(C)OC(=O)C(OCc2nccs2)=C1c1ccc(S(C)(=O)=O)cc1.CC1(C)OC(O)C(OCC2CC2)=C1c1ccc(S(C)(=O)=O)cc1.CCCOC1C(=O)OCC1c1ccc(S(C)(=O)=O)cc1.CS(=O)(=O)c1ccc(C2COC(=O)C2OCCC2CC2)cc1. The van der Waals surface area contributed by atoms with Crippen LogP contribution in [0.25, 0.3) is 27.9 Å². The van der Waals surface area contributed by atoms with E-state index in [1.807, 2.05) is 26.2 Å². The van der Waals surface area contributed by atoms with E-state index in [9.17, 15) is 89.5 Å². The van der Waals surface area contributed by atoms with Gasteiger partial charge >= 0.3 is 29.8 Å². The predicted molar refractivity (Wildman–Crippen MR) is 515 cm³/mol. The van der Waals surface area contributed by atoms with Crippen LogP contribution >= 0.6 is 22.9 Å². The van der Waals surface area contributed by atoms with Gasteiger partial charge in [-0.3, -0.25) is 4.79 Å². The highest BCUT2D eigenvalue weighted by Gasteiger charge is 2.47. The number of carbonyl (C=O) groups excluding carboxylic acids is 5. The van der Waals surface area contributed by atoms with Crippen molar-refractivity contribution in [3.63, 3.8) is 0 Å². The van der Waals surface area contributed by atoms with E-state index in [-0.39, 0.29) is 95.6 Å². The molecule has 138 heavy (non-hydrogen) atoms. The number of esters is 4. The number of carboxylic acid groups (broad SMARTS) is 1. The summed E-state index contributed by atoms with van der Waals surface area (Å²) in [6.07, 6.45) is 15.2. The largest absolute Gasteiger partial charge is 0.492 e. The Hall–Kier alpha value is -10.6. The molecule has 5 unspecified atom stereocenters. The zero-order valence-corrected chi connectivity index (χ0v) is 85.0. The van der Waals surface area contributed by atoms with Gasteiger partial charge in [0.15, 0.2) is 82.8 Å². The maximum atomic E-state index is 12.2. The van der Waals surface area contributed by atoms with Gasteiger partial charge in [0.25, 0.3) is 0 Å².